The van der Waals surface area contributed by atoms with E-state index in [-0.39, 0.29) is 23.8 Å². The maximum atomic E-state index is 12.0. The lowest BCUT2D eigenvalue weighted by Crippen LogP contribution is -2.50. The molecule has 1 heterocycles. The lowest BCUT2D eigenvalue weighted by molar-refractivity contribution is -0.144. The van der Waals surface area contributed by atoms with Crippen molar-refractivity contribution in [3.63, 3.8) is 0 Å². The molecule has 0 spiro atoms. The highest BCUT2D eigenvalue weighted by molar-refractivity contribution is 5.76. The number of nitrogens with two attached hydrogens (primary N) is 1. The minimum atomic E-state index is -0.231. The van der Waals surface area contributed by atoms with Crippen LogP contribution in [0.2, 0.25) is 0 Å². The van der Waals surface area contributed by atoms with Crippen LogP contribution in [-0.4, -0.2) is 43.0 Å². The monoisotopic (exact) mass is 256 g/mol. The van der Waals surface area contributed by atoms with Gasteiger partial charge in [0.25, 0.3) is 0 Å². The van der Waals surface area contributed by atoms with Crippen molar-refractivity contribution in [2.24, 2.45) is 17.6 Å². The zero-order valence-electron chi connectivity index (χ0n) is 11.5. The number of esters is 1. The second-order valence-electron chi connectivity index (χ2n) is 5.54. The quantitative estimate of drug-likeness (QED) is 0.754. The van der Waals surface area contributed by atoms with E-state index in [0.29, 0.717) is 31.8 Å². The molecule has 2 N–H and O–H groups in total. The van der Waals surface area contributed by atoms with E-state index in [4.69, 9.17) is 5.73 Å². The van der Waals surface area contributed by atoms with Gasteiger partial charge in [-0.15, -0.1) is 0 Å². The third-order valence-corrected chi connectivity index (χ3v) is 3.19. The van der Waals surface area contributed by atoms with Gasteiger partial charge in [0.05, 0.1) is 13.5 Å². The van der Waals surface area contributed by atoms with E-state index in [1.54, 1.807) is 4.90 Å². The molecule has 1 amide bonds. The molecule has 0 aromatic heterocycles. The minimum absolute atomic E-state index is 0.0375. The normalized spacial score (nSPS) is 24.2. The fraction of sp³-hybridized carbons (Fsp3) is 0.846. The number of methoxy groups -OCH3 is 1. The van der Waals surface area contributed by atoms with Crippen molar-refractivity contribution in [2.45, 2.75) is 39.2 Å². The predicted octanol–water partition coefficient (Wildman–Crippen LogP) is 0.771. The number of hydrogen-bond acceptors (Lipinski definition) is 4. The van der Waals surface area contributed by atoms with E-state index in [2.05, 4.69) is 4.74 Å². The third kappa shape index (κ3) is 4.64. The summed E-state index contributed by atoms with van der Waals surface area (Å²) < 4.78 is 4.67. The summed E-state index contributed by atoms with van der Waals surface area (Å²) in [5, 5.41) is 0. The number of likely N-dealkylation sites (tertiary alicyclic amines) is 1. The second-order valence-corrected chi connectivity index (χ2v) is 5.54. The minimum Gasteiger partial charge on any atom is -0.469 e. The number of amides is 1. The predicted molar refractivity (Wildman–Crippen MR) is 68.8 cm³/mol. The number of rotatable bonds is 4. The van der Waals surface area contributed by atoms with Gasteiger partial charge in [0, 0.05) is 25.6 Å². The molecule has 18 heavy (non-hydrogen) atoms. The molecule has 1 aliphatic rings. The van der Waals surface area contributed by atoms with Gasteiger partial charge in [0.1, 0.15) is 0 Å². The molecule has 0 bridgehead atoms. The summed E-state index contributed by atoms with van der Waals surface area (Å²) in [5.74, 6) is 0.368. The average molecular weight is 256 g/mol. The van der Waals surface area contributed by atoms with Crippen molar-refractivity contribution in [3.05, 3.63) is 0 Å². The number of carbonyl (C=O) groups is 2. The molecule has 0 saturated carbocycles. The standard InChI is InChI=1S/C13H24N2O3/c1-9(2)4-12(16)15-7-10(5-11(14)8-15)6-13(17)18-3/h9-11H,4-8,14H2,1-3H3. The molecular formula is C13H24N2O3. The van der Waals surface area contributed by atoms with Crippen molar-refractivity contribution >= 4 is 11.9 Å². The van der Waals surface area contributed by atoms with E-state index in [0.717, 1.165) is 6.42 Å². The zero-order valence-corrected chi connectivity index (χ0v) is 11.5. The molecule has 1 rings (SSSR count). The van der Waals surface area contributed by atoms with Crippen LogP contribution in [0.25, 0.3) is 0 Å². The molecular weight excluding hydrogens is 232 g/mol. The number of carbonyl (C=O) groups excluding carboxylic acids is 2. The SMILES string of the molecule is COC(=O)CC1CC(N)CN(C(=O)CC(C)C)C1. The van der Waals surface area contributed by atoms with E-state index in [1.807, 2.05) is 13.8 Å². The van der Waals surface area contributed by atoms with Gasteiger partial charge in [0.2, 0.25) is 5.91 Å². The molecule has 104 valence electrons. The maximum absolute atomic E-state index is 12.0. The fourth-order valence-electron chi connectivity index (χ4n) is 2.40. The van der Waals surface area contributed by atoms with Crippen molar-refractivity contribution in [2.75, 3.05) is 20.2 Å². The second kappa shape index (κ2) is 6.73. The smallest absolute Gasteiger partial charge is 0.305 e. The summed E-state index contributed by atoms with van der Waals surface area (Å²) in [5.41, 5.74) is 5.96. The van der Waals surface area contributed by atoms with E-state index >= 15 is 0 Å². The van der Waals surface area contributed by atoms with Crippen LogP contribution in [0.5, 0.6) is 0 Å². The molecule has 0 aliphatic carbocycles. The van der Waals surface area contributed by atoms with Crippen molar-refractivity contribution in [3.8, 4) is 0 Å². The van der Waals surface area contributed by atoms with Crippen LogP contribution >= 0.6 is 0 Å². The van der Waals surface area contributed by atoms with Gasteiger partial charge in [-0.25, -0.2) is 0 Å². The lowest BCUT2D eigenvalue weighted by atomic mass is 9.91. The molecule has 1 fully saturated rings. The van der Waals surface area contributed by atoms with Gasteiger partial charge in [0.15, 0.2) is 0 Å². The first kappa shape index (κ1) is 15.0. The van der Waals surface area contributed by atoms with Gasteiger partial charge < -0.3 is 15.4 Å². The number of piperidine rings is 1. The lowest BCUT2D eigenvalue weighted by Gasteiger charge is -2.36. The fourth-order valence-corrected chi connectivity index (χ4v) is 2.40. The molecule has 0 aromatic rings. The van der Waals surface area contributed by atoms with Crippen LogP contribution in [0.15, 0.2) is 0 Å². The van der Waals surface area contributed by atoms with Crippen molar-refractivity contribution < 1.29 is 14.3 Å². The molecule has 5 nitrogen and oxygen atoms in total. The van der Waals surface area contributed by atoms with E-state index < -0.39 is 0 Å². The first-order valence-corrected chi connectivity index (χ1v) is 6.52. The van der Waals surface area contributed by atoms with Gasteiger partial charge in [-0.05, 0) is 18.3 Å². The average Bonchev–Trinajstić information content (AvgIpc) is 2.27. The Morgan fingerprint density at radius 3 is 2.61 bits per heavy atom. The number of hydrogen-bond donors (Lipinski definition) is 1. The Balaban J connectivity index is 2.54. The van der Waals surface area contributed by atoms with Crippen LogP contribution in [0.1, 0.15) is 33.1 Å². The topological polar surface area (TPSA) is 72.6 Å². The van der Waals surface area contributed by atoms with E-state index in [1.165, 1.54) is 7.11 Å². The first-order chi connectivity index (χ1) is 8.42. The summed E-state index contributed by atoms with van der Waals surface area (Å²) in [7, 11) is 1.38. The van der Waals surface area contributed by atoms with Gasteiger partial charge >= 0.3 is 5.97 Å². The number of ether oxygens (including phenoxy) is 1. The van der Waals surface area contributed by atoms with Crippen molar-refractivity contribution in [1.82, 2.24) is 4.90 Å². The summed E-state index contributed by atoms with van der Waals surface area (Å²) in [6, 6.07) is -0.0375. The number of nitrogens with zero attached hydrogens (tertiary/aromatic N) is 1. The van der Waals surface area contributed by atoms with Crippen LogP contribution < -0.4 is 5.73 Å². The largest absolute Gasteiger partial charge is 0.469 e. The Morgan fingerprint density at radius 1 is 1.39 bits per heavy atom. The van der Waals surface area contributed by atoms with Crippen molar-refractivity contribution in [1.29, 1.82) is 0 Å². The first-order valence-electron chi connectivity index (χ1n) is 6.52. The molecule has 2 atom stereocenters. The summed E-state index contributed by atoms with van der Waals surface area (Å²) in [6.07, 6.45) is 1.66. The highest BCUT2D eigenvalue weighted by Gasteiger charge is 2.29. The Kier molecular flexibility index (Phi) is 5.59. The zero-order chi connectivity index (χ0) is 13.7. The molecule has 2 unspecified atom stereocenters. The van der Waals surface area contributed by atoms with Crippen LogP contribution in [0.3, 0.4) is 0 Å². The summed E-state index contributed by atoms with van der Waals surface area (Å²) in [6.45, 7) is 5.26. The van der Waals surface area contributed by atoms with Crippen LogP contribution in [-0.2, 0) is 14.3 Å². The van der Waals surface area contributed by atoms with Gasteiger partial charge in [-0.1, -0.05) is 13.8 Å². The van der Waals surface area contributed by atoms with Crippen LogP contribution in [0, 0.1) is 11.8 Å². The highest BCUT2D eigenvalue weighted by atomic mass is 16.5. The Bertz CT molecular complexity index is 305. The highest BCUT2D eigenvalue weighted by Crippen LogP contribution is 2.21. The molecule has 0 aromatic carbocycles. The molecule has 0 radical (unpaired) electrons. The summed E-state index contributed by atoms with van der Waals surface area (Å²) in [4.78, 5) is 25.1. The molecule has 5 heteroatoms. The molecule has 1 aliphatic heterocycles. The Morgan fingerprint density at radius 2 is 2.06 bits per heavy atom. The summed E-state index contributed by atoms with van der Waals surface area (Å²) >= 11 is 0. The Hall–Kier alpha value is -1.10. The maximum Gasteiger partial charge on any atom is 0.305 e. The Labute approximate surface area is 109 Å². The molecule has 1 saturated heterocycles. The third-order valence-electron chi connectivity index (χ3n) is 3.19. The van der Waals surface area contributed by atoms with Crippen LogP contribution in [0.4, 0.5) is 0 Å². The van der Waals surface area contributed by atoms with E-state index in [9.17, 15) is 9.59 Å². The van der Waals surface area contributed by atoms with Gasteiger partial charge in [-0.3, -0.25) is 9.59 Å². The van der Waals surface area contributed by atoms with Gasteiger partial charge in [-0.2, -0.15) is 0 Å².